The molecule has 0 amide bonds. The standard InChI is InChI=1S/C13H18ClNO2/c1-8-7-9(16-2)12(17-3)11(14)10(8)13(15)5-4-6-13/h7H,4-6,15H2,1-3H3. The molecular formula is C13H18ClNO2. The largest absolute Gasteiger partial charge is 0.493 e. The van der Waals surface area contributed by atoms with Crippen LogP contribution in [-0.2, 0) is 5.54 Å². The Morgan fingerprint density at radius 2 is 1.94 bits per heavy atom. The second kappa shape index (κ2) is 4.39. The van der Waals surface area contributed by atoms with Crippen molar-refractivity contribution in [2.75, 3.05) is 14.2 Å². The first-order chi connectivity index (χ1) is 8.03. The summed E-state index contributed by atoms with van der Waals surface area (Å²) in [7, 11) is 3.20. The molecule has 0 unspecified atom stereocenters. The van der Waals surface area contributed by atoms with Crippen LogP contribution in [0.1, 0.15) is 30.4 Å². The van der Waals surface area contributed by atoms with Gasteiger partial charge in [0.1, 0.15) is 0 Å². The van der Waals surface area contributed by atoms with Gasteiger partial charge in [0.2, 0.25) is 0 Å². The summed E-state index contributed by atoms with van der Waals surface area (Å²) in [5.74, 6) is 1.23. The second-order valence-corrected chi connectivity index (χ2v) is 5.01. The van der Waals surface area contributed by atoms with Crippen LogP contribution < -0.4 is 15.2 Å². The van der Waals surface area contributed by atoms with Gasteiger partial charge in [0.25, 0.3) is 0 Å². The highest BCUT2D eigenvalue weighted by Crippen LogP contribution is 2.48. The first kappa shape index (κ1) is 12.5. The van der Waals surface area contributed by atoms with Crippen LogP contribution in [-0.4, -0.2) is 14.2 Å². The van der Waals surface area contributed by atoms with E-state index in [9.17, 15) is 0 Å². The zero-order valence-electron chi connectivity index (χ0n) is 10.5. The van der Waals surface area contributed by atoms with Gasteiger partial charge >= 0.3 is 0 Å². The Kier molecular flexibility index (Phi) is 3.23. The highest BCUT2D eigenvalue weighted by Gasteiger charge is 2.38. The van der Waals surface area contributed by atoms with Crippen LogP contribution in [0.5, 0.6) is 11.5 Å². The molecule has 0 spiro atoms. The number of ether oxygens (including phenoxy) is 2. The first-order valence-electron chi connectivity index (χ1n) is 5.74. The Labute approximate surface area is 107 Å². The van der Waals surface area contributed by atoms with E-state index in [0.717, 1.165) is 30.4 Å². The van der Waals surface area contributed by atoms with E-state index in [1.54, 1.807) is 14.2 Å². The molecule has 1 aliphatic rings. The van der Waals surface area contributed by atoms with Crippen LogP contribution in [0.15, 0.2) is 6.07 Å². The highest BCUT2D eigenvalue weighted by molar-refractivity contribution is 6.33. The van der Waals surface area contributed by atoms with Crippen molar-refractivity contribution < 1.29 is 9.47 Å². The average Bonchev–Trinajstić information content (AvgIpc) is 2.25. The maximum Gasteiger partial charge on any atom is 0.179 e. The summed E-state index contributed by atoms with van der Waals surface area (Å²) >= 11 is 6.41. The Morgan fingerprint density at radius 1 is 1.29 bits per heavy atom. The molecule has 3 nitrogen and oxygen atoms in total. The first-order valence-corrected chi connectivity index (χ1v) is 6.11. The van der Waals surface area contributed by atoms with E-state index in [0.29, 0.717) is 16.5 Å². The van der Waals surface area contributed by atoms with Gasteiger partial charge in [0.05, 0.1) is 19.2 Å². The fourth-order valence-corrected chi connectivity index (χ4v) is 3.00. The predicted molar refractivity (Wildman–Crippen MR) is 69.0 cm³/mol. The summed E-state index contributed by atoms with van der Waals surface area (Å²) in [6.45, 7) is 2.01. The van der Waals surface area contributed by atoms with Crippen LogP contribution in [0.4, 0.5) is 0 Å². The van der Waals surface area contributed by atoms with Crippen LogP contribution in [0.2, 0.25) is 5.02 Å². The van der Waals surface area contributed by atoms with Crippen molar-refractivity contribution in [2.24, 2.45) is 5.73 Å². The van der Waals surface area contributed by atoms with E-state index in [-0.39, 0.29) is 5.54 Å². The summed E-state index contributed by atoms with van der Waals surface area (Å²) in [4.78, 5) is 0. The quantitative estimate of drug-likeness (QED) is 0.903. The lowest BCUT2D eigenvalue weighted by Gasteiger charge is -2.40. The zero-order chi connectivity index (χ0) is 12.6. The van der Waals surface area contributed by atoms with E-state index < -0.39 is 0 Å². The molecule has 0 saturated heterocycles. The number of hydrogen-bond acceptors (Lipinski definition) is 3. The van der Waals surface area contributed by atoms with E-state index >= 15 is 0 Å². The number of rotatable bonds is 3. The average molecular weight is 256 g/mol. The van der Waals surface area contributed by atoms with Crippen molar-refractivity contribution in [3.8, 4) is 11.5 Å². The molecule has 1 aromatic rings. The lowest BCUT2D eigenvalue weighted by atomic mass is 9.71. The van der Waals surface area contributed by atoms with E-state index in [4.69, 9.17) is 26.8 Å². The maximum atomic E-state index is 6.41. The number of benzene rings is 1. The molecule has 0 bridgehead atoms. The minimum atomic E-state index is -0.291. The minimum absolute atomic E-state index is 0.291. The molecule has 0 radical (unpaired) electrons. The molecule has 2 N–H and O–H groups in total. The van der Waals surface area contributed by atoms with Crippen LogP contribution >= 0.6 is 11.6 Å². The zero-order valence-corrected chi connectivity index (χ0v) is 11.2. The van der Waals surface area contributed by atoms with Crippen LogP contribution in [0.3, 0.4) is 0 Å². The van der Waals surface area contributed by atoms with Crippen molar-refractivity contribution in [3.63, 3.8) is 0 Å². The number of methoxy groups -OCH3 is 2. The topological polar surface area (TPSA) is 44.5 Å². The molecule has 17 heavy (non-hydrogen) atoms. The van der Waals surface area contributed by atoms with E-state index in [1.807, 2.05) is 13.0 Å². The van der Waals surface area contributed by atoms with Crippen molar-refractivity contribution in [3.05, 3.63) is 22.2 Å². The summed E-state index contributed by atoms with van der Waals surface area (Å²) in [6.07, 6.45) is 3.10. The molecule has 1 fully saturated rings. The SMILES string of the molecule is COc1cc(C)c(C2(N)CCC2)c(Cl)c1OC. The maximum absolute atomic E-state index is 6.41. The summed E-state index contributed by atoms with van der Waals surface area (Å²) in [5.41, 5.74) is 8.14. The Hall–Kier alpha value is -0.930. The molecule has 2 rings (SSSR count). The monoisotopic (exact) mass is 255 g/mol. The third-order valence-electron chi connectivity index (χ3n) is 3.55. The molecule has 0 atom stereocenters. The second-order valence-electron chi connectivity index (χ2n) is 4.63. The van der Waals surface area contributed by atoms with Gasteiger partial charge in [-0.05, 0) is 43.4 Å². The minimum Gasteiger partial charge on any atom is -0.493 e. The van der Waals surface area contributed by atoms with Gasteiger partial charge in [0.15, 0.2) is 11.5 Å². The van der Waals surface area contributed by atoms with Crippen LogP contribution in [0, 0.1) is 6.92 Å². The van der Waals surface area contributed by atoms with E-state index in [1.165, 1.54) is 0 Å². The van der Waals surface area contributed by atoms with Crippen LogP contribution in [0.25, 0.3) is 0 Å². The lowest BCUT2D eigenvalue weighted by Crippen LogP contribution is -2.44. The third kappa shape index (κ3) is 1.87. The Balaban J connectivity index is 2.60. The summed E-state index contributed by atoms with van der Waals surface area (Å²) < 4.78 is 10.6. The predicted octanol–water partition coefficient (Wildman–Crippen LogP) is 3.00. The highest BCUT2D eigenvalue weighted by atomic mass is 35.5. The molecule has 0 aromatic heterocycles. The normalized spacial score (nSPS) is 17.5. The number of nitrogens with two attached hydrogens (primary N) is 1. The fraction of sp³-hybridized carbons (Fsp3) is 0.538. The van der Waals surface area contributed by atoms with Gasteiger partial charge in [-0.1, -0.05) is 11.6 Å². The fourth-order valence-electron chi connectivity index (χ4n) is 2.49. The number of aryl methyl sites for hydroxylation is 1. The van der Waals surface area contributed by atoms with Crippen molar-refractivity contribution in [1.82, 2.24) is 0 Å². The molecule has 0 heterocycles. The molecule has 1 aliphatic carbocycles. The number of halogens is 1. The van der Waals surface area contributed by atoms with E-state index in [2.05, 4.69) is 0 Å². The molecule has 1 saturated carbocycles. The van der Waals surface area contributed by atoms with Crippen molar-refractivity contribution in [1.29, 1.82) is 0 Å². The lowest BCUT2D eigenvalue weighted by molar-refractivity contribution is 0.251. The molecule has 0 aliphatic heterocycles. The van der Waals surface area contributed by atoms with Gasteiger partial charge in [0, 0.05) is 5.54 Å². The van der Waals surface area contributed by atoms with Gasteiger partial charge in [-0.15, -0.1) is 0 Å². The molecule has 1 aromatic carbocycles. The third-order valence-corrected chi connectivity index (χ3v) is 3.91. The summed E-state index contributed by atoms with van der Waals surface area (Å²) in [5, 5.41) is 0.589. The molecular weight excluding hydrogens is 238 g/mol. The van der Waals surface area contributed by atoms with Gasteiger partial charge < -0.3 is 15.2 Å². The van der Waals surface area contributed by atoms with Crippen molar-refractivity contribution >= 4 is 11.6 Å². The van der Waals surface area contributed by atoms with Gasteiger partial charge in [-0.2, -0.15) is 0 Å². The smallest absolute Gasteiger partial charge is 0.179 e. The van der Waals surface area contributed by atoms with Gasteiger partial charge in [-0.3, -0.25) is 0 Å². The number of hydrogen-bond donors (Lipinski definition) is 1. The Morgan fingerprint density at radius 3 is 2.35 bits per heavy atom. The molecule has 94 valence electrons. The molecule has 4 heteroatoms. The Bertz CT molecular complexity index is 442. The van der Waals surface area contributed by atoms with Gasteiger partial charge in [-0.25, -0.2) is 0 Å². The summed E-state index contributed by atoms with van der Waals surface area (Å²) in [6, 6.07) is 1.94. The van der Waals surface area contributed by atoms with Crippen molar-refractivity contribution in [2.45, 2.75) is 31.7 Å².